The number of benzene rings is 1. The van der Waals surface area contributed by atoms with Gasteiger partial charge in [-0.1, -0.05) is 18.2 Å². The molecule has 3 N–H and O–H groups in total. The highest BCUT2D eigenvalue weighted by Crippen LogP contribution is 2.23. The van der Waals surface area contributed by atoms with Crippen LogP contribution in [-0.4, -0.2) is 18.5 Å². The number of halogens is 1. The maximum Gasteiger partial charge on any atom is 0.220 e. The predicted molar refractivity (Wildman–Crippen MR) is 64.0 cm³/mol. The summed E-state index contributed by atoms with van der Waals surface area (Å²) in [6, 6.07) is 6.83. The zero-order chi connectivity index (χ0) is 12.3. The van der Waals surface area contributed by atoms with Crippen LogP contribution >= 0.6 is 0 Å². The first-order valence-corrected chi connectivity index (χ1v) is 5.94. The molecule has 1 saturated carbocycles. The van der Waals surface area contributed by atoms with Gasteiger partial charge in [0.15, 0.2) is 0 Å². The molecule has 1 atom stereocenters. The molecule has 0 radical (unpaired) electrons. The highest BCUT2D eigenvalue weighted by Gasteiger charge is 2.25. The lowest BCUT2D eigenvalue weighted by molar-refractivity contribution is -0.121. The van der Waals surface area contributed by atoms with E-state index in [4.69, 9.17) is 5.73 Å². The van der Waals surface area contributed by atoms with Crippen molar-refractivity contribution in [1.82, 2.24) is 5.32 Å². The van der Waals surface area contributed by atoms with E-state index in [0.29, 0.717) is 11.6 Å². The van der Waals surface area contributed by atoms with Gasteiger partial charge < -0.3 is 11.1 Å². The number of amides is 1. The minimum Gasteiger partial charge on any atom is -0.353 e. The molecule has 0 bridgehead atoms. The molecule has 3 nitrogen and oxygen atoms in total. The van der Waals surface area contributed by atoms with Crippen LogP contribution < -0.4 is 11.1 Å². The molecule has 4 heteroatoms. The minimum atomic E-state index is -0.290. The molecular formula is C13H17FN2O. The van der Waals surface area contributed by atoms with Crippen LogP contribution in [0.2, 0.25) is 0 Å². The van der Waals surface area contributed by atoms with Gasteiger partial charge in [0.2, 0.25) is 5.91 Å². The third-order valence-corrected chi connectivity index (χ3v) is 3.00. The second-order valence-electron chi connectivity index (χ2n) is 4.50. The topological polar surface area (TPSA) is 55.1 Å². The molecule has 1 aliphatic carbocycles. The van der Waals surface area contributed by atoms with E-state index >= 15 is 0 Å². The number of rotatable bonds is 5. The summed E-state index contributed by atoms with van der Waals surface area (Å²) in [5.41, 5.74) is 6.15. The number of nitrogens with two attached hydrogens (primary N) is 1. The van der Waals surface area contributed by atoms with E-state index in [2.05, 4.69) is 5.32 Å². The molecule has 1 fully saturated rings. The van der Waals surface area contributed by atoms with E-state index < -0.39 is 0 Å². The third-order valence-electron chi connectivity index (χ3n) is 3.00. The highest BCUT2D eigenvalue weighted by molar-refractivity contribution is 5.77. The van der Waals surface area contributed by atoms with Crippen molar-refractivity contribution in [2.24, 2.45) is 5.73 Å². The molecule has 0 heterocycles. The van der Waals surface area contributed by atoms with Crippen molar-refractivity contribution in [2.45, 2.75) is 31.2 Å². The fourth-order valence-electron chi connectivity index (χ4n) is 1.86. The van der Waals surface area contributed by atoms with Crippen LogP contribution in [0.1, 0.15) is 30.7 Å². The lowest BCUT2D eigenvalue weighted by Crippen LogP contribution is -2.29. The maximum absolute atomic E-state index is 13.6. The summed E-state index contributed by atoms with van der Waals surface area (Å²) >= 11 is 0. The number of carbonyl (C=O) groups is 1. The normalized spacial score (nSPS) is 16.6. The van der Waals surface area contributed by atoms with Crippen LogP contribution in [0.25, 0.3) is 0 Å². The Labute approximate surface area is 100 Å². The molecule has 1 aliphatic rings. The molecule has 0 aliphatic heterocycles. The van der Waals surface area contributed by atoms with Gasteiger partial charge in [0.1, 0.15) is 5.82 Å². The minimum absolute atomic E-state index is 0.0359. The Morgan fingerprint density at radius 1 is 1.47 bits per heavy atom. The molecule has 1 unspecified atom stereocenters. The molecule has 0 aromatic heterocycles. The lowest BCUT2D eigenvalue weighted by Gasteiger charge is -2.15. The van der Waals surface area contributed by atoms with Gasteiger partial charge in [-0.2, -0.15) is 0 Å². The monoisotopic (exact) mass is 236 g/mol. The van der Waals surface area contributed by atoms with Crippen LogP contribution in [0.4, 0.5) is 4.39 Å². The first-order chi connectivity index (χ1) is 8.20. The second-order valence-corrected chi connectivity index (χ2v) is 4.50. The number of hydrogen-bond acceptors (Lipinski definition) is 2. The third kappa shape index (κ3) is 3.27. The van der Waals surface area contributed by atoms with E-state index in [1.54, 1.807) is 18.2 Å². The summed E-state index contributed by atoms with van der Waals surface area (Å²) in [6.45, 7) is 0.277. The Hall–Kier alpha value is -1.42. The SMILES string of the molecule is NCC(CC(=O)NC1CC1)c1ccccc1F. The molecular weight excluding hydrogens is 219 g/mol. The van der Waals surface area contributed by atoms with Crippen LogP contribution in [0.3, 0.4) is 0 Å². The Bertz CT molecular complexity index is 404. The Balaban J connectivity index is 2.00. The van der Waals surface area contributed by atoms with E-state index in [9.17, 15) is 9.18 Å². The van der Waals surface area contributed by atoms with Gasteiger partial charge in [-0.3, -0.25) is 4.79 Å². The van der Waals surface area contributed by atoms with Crippen molar-refractivity contribution in [2.75, 3.05) is 6.54 Å². The molecule has 1 amide bonds. The van der Waals surface area contributed by atoms with Crippen molar-refractivity contribution < 1.29 is 9.18 Å². The van der Waals surface area contributed by atoms with Crippen LogP contribution in [0.15, 0.2) is 24.3 Å². The van der Waals surface area contributed by atoms with Gasteiger partial charge >= 0.3 is 0 Å². The summed E-state index contributed by atoms with van der Waals surface area (Å²) < 4.78 is 13.6. The van der Waals surface area contributed by atoms with Gasteiger partial charge in [-0.15, -0.1) is 0 Å². The van der Waals surface area contributed by atoms with E-state index in [1.807, 2.05) is 0 Å². The van der Waals surface area contributed by atoms with Gasteiger partial charge in [0.25, 0.3) is 0 Å². The van der Waals surface area contributed by atoms with Gasteiger partial charge in [0.05, 0.1) is 0 Å². The number of nitrogens with one attached hydrogen (secondary N) is 1. The van der Waals surface area contributed by atoms with E-state index in [-0.39, 0.29) is 30.6 Å². The quantitative estimate of drug-likeness (QED) is 0.814. The zero-order valence-corrected chi connectivity index (χ0v) is 9.66. The van der Waals surface area contributed by atoms with Crippen molar-refractivity contribution in [3.8, 4) is 0 Å². The second kappa shape index (κ2) is 5.27. The van der Waals surface area contributed by atoms with E-state index in [1.165, 1.54) is 6.07 Å². The summed E-state index contributed by atoms with van der Waals surface area (Å²) in [6.07, 6.45) is 2.37. The Morgan fingerprint density at radius 2 is 2.18 bits per heavy atom. The van der Waals surface area contributed by atoms with Gasteiger partial charge in [-0.25, -0.2) is 4.39 Å². The van der Waals surface area contributed by atoms with Crippen molar-refractivity contribution in [1.29, 1.82) is 0 Å². The Morgan fingerprint density at radius 3 is 2.76 bits per heavy atom. The number of hydrogen-bond donors (Lipinski definition) is 2. The van der Waals surface area contributed by atoms with Crippen molar-refractivity contribution in [3.63, 3.8) is 0 Å². The average molecular weight is 236 g/mol. The molecule has 92 valence electrons. The summed E-state index contributed by atoms with van der Waals surface area (Å²) in [7, 11) is 0. The van der Waals surface area contributed by atoms with E-state index in [0.717, 1.165) is 12.8 Å². The largest absolute Gasteiger partial charge is 0.353 e. The van der Waals surface area contributed by atoms with Crippen molar-refractivity contribution >= 4 is 5.91 Å². The van der Waals surface area contributed by atoms with Crippen LogP contribution in [0, 0.1) is 5.82 Å². The average Bonchev–Trinajstić information content (AvgIpc) is 3.11. The molecule has 1 aromatic rings. The van der Waals surface area contributed by atoms with Crippen LogP contribution in [-0.2, 0) is 4.79 Å². The molecule has 17 heavy (non-hydrogen) atoms. The maximum atomic E-state index is 13.6. The molecule has 2 rings (SSSR count). The first kappa shape index (κ1) is 12.0. The summed E-state index contributed by atoms with van der Waals surface area (Å²) in [5, 5.41) is 2.89. The van der Waals surface area contributed by atoms with Gasteiger partial charge in [-0.05, 0) is 31.0 Å². The first-order valence-electron chi connectivity index (χ1n) is 5.94. The standard InChI is InChI=1S/C13H17FN2O/c14-12-4-2-1-3-11(12)9(8-15)7-13(17)16-10-5-6-10/h1-4,9-10H,5-8,15H2,(H,16,17). The number of carbonyl (C=O) groups excluding carboxylic acids is 1. The van der Waals surface area contributed by atoms with Crippen molar-refractivity contribution in [3.05, 3.63) is 35.6 Å². The fraction of sp³-hybridized carbons (Fsp3) is 0.462. The fourth-order valence-corrected chi connectivity index (χ4v) is 1.86. The summed E-state index contributed by atoms with van der Waals surface area (Å²) in [5.74, 6) is -0.566. The lowest BCUT2D eigenvalue weighted by atomic mass is 9.95. The summed E-state index contributed by atoms with van der Waals surface area (Å²) in [4.78, 5) is 11.7. The molecule has 1 aromatic carbocycles. The highest BCUT2D eigenvalue weighted by atomic mass is 19.1. The van der Waals surface area contributed by atoms with Gasteiger partial charge in [0, 0.05) is 18.4 Å². The molecule has 0 spiro atoms. The zero-order valence-electron chi connectivity index (χ0n) is 9.66. The molecule has 0 saturated heterocycles. The smallest absolute Gasteiger partial charge is 0.220 e. The Kier molecular flexibility index (Phi) is 3.74. The van der Waals surface area contributed by atoms with Crippen LogP contribution in [0.5, 0.6) is 0 Å². The predicted octanol–water partition coefficient (Wildman–Crippen LogP) is 1.54.